The van der Waals surface area contributed by atoms with Crippen molar-refractivity contribution in [2.24, 2.45) is 0 Å². The molecule has 2 aromatic rings. The highest BCUT2D eigenvalue weighted by Crippen LogP contribution is 2.19. The van der Waals surface area contributed by atoms with Crippen molar-refractivity contribution < 1.29 is 9.50 Å². The van der Waals surface area contributed by atoms with Crippen molar-refractivity contribution >= 4 is 5.69 Å². The Bertz CT molecular complexity index is 551. The standard InChI is InChI=1S/C16H18FNO/c1-11-3-4-12(2)15(9-11)18-10-16(19)13-5-7-14(17)8-6-13/h3-9,16,18-19H,10H2,1-2H3. The van der Waals surface area contributed by atoms with Gasteiger partial charge in [0.2, 0.25) is 0 Å². The highest BCUT2D eigenvalue weighted by molar-refractivity contribution is 5.52. The van der Waals surface area contributed by atoms with Gasteiger partial charge in [0.1, 0.15) is 5.82 Å². The third-order valence-electron chi connectivity index (χ3n) is 3.13. The lowest BCUT2D eigenvalue weighted by Crippen LogP contribution is -2.12. The van der Waals surface area contributed by atoms with E-state index in [1.54, 1.807) is 12.1 Å². The summed E-state index contributed by atoms with van der Waals surface area (Å²) in [7, 11) is 0. The normalized spacial score (nSPS) is 12.2. The molecular weight excluding hydrogens is 241 g/mol. The molecule has 2 nitrogen and oxygen atoms in total. The van der Waals surface area contributed by atoms with Gasteiger partial charge in [0.15, 0.2) is 0 Å². The maximum absolute atomic E-state index is 12.8. The molecular formula is C16H18FNO. The summed E-state index contributed by atoms with van der Waals surface area (Å²) in [6, 6.07) is 12.1. The Balaban J connectivity index is 2.02. The minimum Gasteiger partial charge on any atom is -0.387 e. The van der Waals surface area contributed by atoms with Crippen LogP contribution in [-0.4, -0.2) is 11.7 Å². The summed E-state index contributed by atoms with van der Waals surface area (Å²) in [5.41, 5.74) is 4.03. The lowest BCUT2D eigenvalue weighted by atomic mass is 10.1. The van der Waals surface area contributed by atoms with Crippen LogP contribution in [0.5, 0.6) is 0 Å². The van der Waals surface area contributed by atoms with Crippen LogP contribution in [-0.2, 0) is 0 Å². The minimum atomic E-state index is -0.652. The molecule has 100 valence electrons. The summed E-state index contributed by atoms with van der Waals surface area (Å²) < 4.78 is 12.8. The lowest BCUT2D eigenvalue weighted by molar-refractivity contribution is 0.191. The van der Waals surface area contributed by atoms with Gasteiger partial charge in [0.25, 0.3) is 0 Å². The van der Waals surface area contributed by atoms with Crippen LogP contribution in [0.3, 0.4) is 0 Å². The number of hydrogen-bond acceptors (Lipinski definition) is 2. The van der Waals surface area contributed by atoms with Gasteiger partial charge in [-0.25, -0.2) is 4.39 Å². The SMILES string of the molecule is Cc1ccc(C)c(NCC(O)c2ccc(F)cc2)c1. The molecule has 0 fully saturated rings. The molecule has 1 unspecified atom stereocenters. The number of halogens is 1. The first-order valence-electron chi connectivity index (χ1n) is 6.31. The highest BCUT2D eigenvalue weighted by atomic mass is 19.1. The fraction of sp³-hybridized carbons (Fsp3) is 0.250. The predicted octanol–water partition coefficient (Wildman–Crippen LogP) is 3.59. The number of rotatable bonds is 4. The topological polar surface area (TPSA) is 32.3 Å². The van der Waals surface area contributed by atoms with Crippen molar-refractivity contribution in [3.63, 3.8) is 0 Å². The maximum Gasteiger partial charge on any atom is 0.123 e. The first kappa shape index (κ1) is 13.6. The molecule has 0 spiro atoms. The third-order valence-corrected chi connectivity index (χ3v) is 3.13. The van der Waals surface area contributed by atoms with Crippen LogP contribution < -0.4 is 5.32 Å². The minimum absolute atomic E-state index is 0.293. The molecule has 3 heteroatoms. The fourth-order valence-corrected chi connectivity index (χ4v) is 1.94. The Morgan fingerprint density at radius 1 is 1.11 bits per heavy atom. The van der Waals surface area contributed by atoms with Crippen molar-refractivity contribution in [2.45, 2.75) is 20.0 Å². The molecule has 2 aromatic carbocycles. The van der Waals surface area contributed by atoms with Crippen LogP contribution in [0, 0.1) is 19.7 Å². The zero-order valence-electron chi connectivity index (χ0n) is 11.2. The molecule has 0 saturated carbocycles. The van der Waals surface area contributed by atoms with E-state index in [4.69, 9.17) is 0 Å². The monoisotopic (exact) mass is 259 g/mol. The van der Waals surface area contributed by atoms with Crippen LogP contribution in [0.25, 0.3) is 0 Å². The molecule has 0 aliphatic rings. The van der Waals surface area contributed by atoms with Gasteiger partial charge in [-0.2, -0.15) is 0 Å². The van der Waals surface area contributed by atoms with Gasteiger partial charge in [-0.05, 0) is 48.7 Å². The smallest absolute Gasteiger partial charge is 0.123 e. The van der Waals surface area contributed by atoms with Gasteiger partial charge in [-0.3, -0.25) is 0 Å². The Morgan fingerprint density at radius 3 is 2.47 bits per heavy atom. The van der Waals surface area contributed by atoms with Crippen molar-refractivity contribution in [2.75, 3.05) is 11.9 Å². The summed E-state index contributed by atoms with van der Waals surface area (Å²) in [5.74, 6) is -0.293. The zero-order valence-corrected chi connectivity index (χ0v) is 11.2. The molecule has 0 amide bonds. The van der Waals surface area contributed by atoms with Crippen LogP contribution in [0.4, 0.5) is 10.1 Å². The molecule has 2 rings (SSSR count). The first-order valence-corrected chi connectivity index (χ1v) is 6.31. The van der Waals surface area contributed by atoms with Gasteiger partial charge >= 0.3 is 0 Å². The molecule has 0 heterocycles. The first-order chi connectivity index (χ1) is 9.06. The van der Waals surface area contributed by atoms with Gasteiger partial charge < -0.3 is 10.4 Å². The molecule has 19 heavy (non-hydrogen) atoms. The highest BCUT2D eigenvalue weighted by Gasteiger charge is 2.08. The molecule has 0 radical (unpaired) electrons. The summed E-state index contributed by atoms with van der Waals surface area (Å²) >= 11 is 0. The molecule has 0 bridgehead atoms. The maximum atomic E-state index is 12.8. The number of aryl methyl sites for hydroxylation is 2. The van der Waals surface area contributed by atoms with Gasteiger partial charge in [-0.1, -0.05) is 24.3 Å². The molecule has 2 N–H and O–H groups in total. The van der Waals surface area contributed by atoms with E-state index in [0.29, 0.717) is 12.1 Å². The Hall–Kier alpha value is -1.87. The van der Waals surface area contributed by atoms with E-state index in [0.717, 1.165) is 11.3 Å². The molecule has 0 saturated heterocycles. The Labute approximate surface area is 112 Å². The van der Waals surface area contributed by atoms with Crippen LogP contribution in [0.2, 0.25) is 0 Å². The van der Waals surface area contributed by atoms with Crippen molar-refractivity contribution in [1.29, 1.82) is 0 Å². The van der Waals surface area contributed by atoms with E-state index >= 15 is 0 Å². The predicted molar refractivity (Wildman–Crippen MR) is 75.8 cm³/mol. The molecule has 0 aliphatic carbocycles. The second kappa shape index (κ2) is 5.85. The summed E-state index contributed by atoms with van der Waals surface area (Å²) in [5, 5.41) is 13.3. The van der Waals surface area contributed by atoms with Crippen LogP contribution in [0.1, 0.15) is 22.8 Å². The Kier molecular flexibility index (Phi) is 4.17. The second-order valence-electron chi connectivity index (χ2n) is 4.77. The zero-order chi connectivity index (χ0) is 13.8. The molecule has 0 aromatic heterocycles. The average molecular weight is 259 g/mol. The van der Waals surface area contributed by atoms with Crippen LogP contribution in [0.15, 0.2) is 42.5 Å². The number of aliphatic hydroxyl groups excluding tert-OH is 1. The average Bonchev–Trinajstić information content (AvgIpc) is 2.40. The Morgan fingerprint density at radius 2 is 1.79 bits per heavy atom. The number of hydrogen-bond donors (Lipinski definition) is 2. The van der Waals surface area contributed by atoms with Gasteiger partial charge in [0, 0.05) is 12.2 Å². The second-order valence-corrected chi connectivity index (χ2v) is 4.77. The van der Waals surface area contributed by atoms with E-state index in [1.165, 1.54) is 17.7 Å². The van der Waals surface area contributed by atoms with Gasteiger partial charge in [-0.15, -0.1) is 0 Å². The summed E-state index contributed by atoms with van der Waals surface area (Å²) in [4.78, 5) is 0. The van der Waals surface area contributed by atoms with E-state index in [9.17, 15) is 9.50 Å². The van der Waals surface area contributed by atoms with Crippen molar-refractivity contribution in [3.8, 4) is 0 Å². The number of benzene rings is 2. The van der Waals surface area contributed by atoms with E-state index < -0.39 is 6.10 Å². The molecule has 0 aliphatic heterocycles. The van der Waals surface area contributed by atoms with Crippen molar-refractivity contribution in [1.82, 2.24) is 0 Å². The van der Waals surface area contributed by atoms with Crippen LogP contribution >= 0.6 is 0 Å². The van der Waals surface area contributed by atoms with Crippen molar-refractivity contribution in [3.05, 3.63) is 65.0 Å². The number of anilines is 1. The number of nitrogens with one attached hydrogen (secondary N) is 1. The fourth-order valence-electron chi connectivity index (χ4n) is 1.94. The van der Waals surface area contributed by atoms with Gasteiger partial charge in [0.05, 0.1) is 6.10 Å². The third kappa shape index (κ3) is 3.55. The number of aliphatic hydroxyl groups is 1. The van der Waals surface area contributed by atoms with E-state index in [2.05, 4.69) is 11.4 Å². The molecule has 1 atom stereocenters. The summed E-state index contributed by atoms with van der Waals surface area (Å²) in [6.45, 7) is 4.45. The quantitative estimate of drug-likeness (QED) is 0.879. The van der Waals surface area contributed by atoms with E-state index in [-0.39, 0.29) is 5.82 Å². The summed E-state index contributed by atoms with van der Waals surface area (Å²) in [6.07, 6.45) is -0.652. The lowest BCUT2D eigenvalue weighted by Gasteiger charge is -2.15. The largest absolute Gasteiger partial charge is 0.387 e. The van der Waals surface area contributed by atoms with E-state index in [1.807, 2.05) is 26.0 Å².